The maximum atomic E-state index is 11.3. The number of carboxylic acid groups (broad SMARTS) is 1. The molecular weight excluding hydrogens is 172 g/mol. The molecule has 13 heavy (non-hydrogen) atoms. The van der Waals surface area contributed by atoms with Crippen LogP contribution in [0.2, 0.25) is 0 Å². The summed E-state index contributed by atoms with van der Waals surface area (Å²) < 4.78 is 0. The molecule has 1 amide bonds. The zero-order valence-electron chi connectivity index (χ0n) is 7.54. The van der Waals surface area contributed by atoms with Gasteiger partial charge in [0.1, 0.15) is 6.04 Å². The highest BCUT2D eigenvalue weighted by Crippen LogP contribution is 2.32. The van der Waals surface area contributed by atoms with Gasteiger partial charge in [0.15, 0.2) is 0 Å². The number of carboxylic acids is 1. The van der Waals surface area contributed by atoms with E-state index in [9.17, 15) is 9.59 Å². The molecule has 1 aliphatic carbocycles. The first-order chi connectivity index (χ1) is 5.99. The second-order valence-corrected chi connectivity index (χ2v) is 3.43. The predicted molar refractivity (Wildman–Crippen MR) is 46.0 cm³/mol. The quantitative estimate of drug-likeness (QED) is 0.549. The van der Waals surface area contributed by atoms with Crippen molar-refractivity contribution in [3.8, 4) is 0 Å². The first kappa shape index (κ1) is 9.98. The number of nitrogens with one attached hydrogen (secondary N) is 1. The summed E-state index contributed by atoms with van der Waals surface area (Å²) >= 11 is 0. The summed E-state index contributed by atoms with van der Waals surface area (Å²) in [6, 6.07) is -0.812. The Morgan fingerprint density at radius 2 is 2.15 bits per heavy atom. The van der Waals surface area contributed by atoms with Gasteiger partial charge in [0.2, 0.25) is 5.91 Å². The molecule has 0 saturated heterocycles. The lowest BCUT2D eigenvalue weighted by molar-refractivity contribution is -0.142. The van der Waals surface area contributed by atoms with Gasteiger partial charge in [-0.15, -0.1) is 0 Å². The van der Waals surface area contributed by atoms with Gasteiger partial charge < -0.3 is 16.2 Å². The van der Waals surface area contributed by atoms with E-state index in [1.54, 1.807) is 6.92 Å². The van der Waals surface area contributed by atoms with Crippen LogP contribution in [0.4, 0.5) is 0 Å². The molecule has 0 bridgehead atoms. The number of amides is 1. The van der Waals surface area contributed by atoms with Crippen LogP contribution in [0.5, 0.6) is 0 Å². The summed E-state index contributed by atoms with van der Waals surface area (Å²) in [7, 11) is 0. The monoisotopic (exact) mass is 186 g/mol. The molecule has 5 nitrogen and oxygen atoms in total. The molecule has 0 aromatic rings. The van der Waals surface area contributed by atoms with Crippen molar-refractivity contribution in [1.29, 1.82) is 0 Å². The van der Waals surface area contributed by atoms with E-state index >= 15 is 0 Å². The lowest BCUT2D eigenvalue weighted by atomic mass is 10.2. The zero-order chi connectivity index (χ0) is 10.1. The van der Waals surface area contributed by atoms with E-state index in [1.165, 1.54) is 0 Å². The van der Waals surface area contributed by atoms with Crippen molar-refractivity contribution in [1.82, 2.24) is 5.32 Å². The van der Waals surface area contributed by atoms with E-state index in [0.29, 0.717) is 19.3 Å². The number of nitrogens with two attached hydrogens (primary N) is 1. The Bertz CT molecular complexity index is 236. The highest BCUT2D eigenvalue weighted by atomic mass is 16.4. The van der Waals surface area contributed by atoms with Crippen LogP contribution in [0.3, 0.4) is 0 Å². The first-order valence-corrected chi connectivity index (χ1v) is 4.32. The molecule has 0 aromatic heterocycles. The Hall–Kier alpha value is -1.10. The highest BCUT2D eigenvalue weighted by Gasteiger charge is 2.46. The molecule has 1 aliphatic rings. The fraction of sp³-hybridized carbons (Fsp3) is 0.750. The number of hydrogen-bond donors (Lipinski definition) is 3. The third kappa shape index (κ3) is 2.18. The van der Waals surface area contributed by atoms with Gasteiger partial charge in [0.05, 0.1) is 5.54 Å². The molecule has 1 atom stereocenters. The van der Waals surface area contributed by atoms with Crippen LogP contribution in [0.1, 0.15) is 26.2 Å². The number of hydrogen-bond acceptors (Lipinski definition) is 3. The second kappa shape index (κ2) is 3.33. The second-order valence-electron chi connectivity index (χ2n) is 3.43. The standard InChI is InChI=1S/C8H14N2O3/c1-2-5(6(11)12)10-7(13)8(9)3-4-8/h5H,2-4,9H2,1H3,(H,10,13)(H,11,12)/t5-/m0/s1. The minimum atomic E-state index is -1.01. The van der Waals surface area contributed by atoms with E-state index < -0.39 is 17.6 Å². The Balaban J connectivity index is 2.46. The average molecular weight is 186 g/mol. The van der Waals surface area contributed by atoms with Crippen LogP contribution in [0.15, 0.2) is 0 Å². The fourth-order valence-corrected chi connectivity index (χ4v) is 1.00. The van der Waals surface area contributed by atoms with Crippen LogP contribution >= 0.6 is 0 Å². The molecule has 1 fully saturated rings. The molecule has 0 unspecified atom stereocenters. The molecule has 0 aliphatic heterocycles. The molecule has 1 rings (SSSR count). The van der Waals surface area contributed by atoms with E-state index in [1.807, 2.05) is 0 Å². The Morgan fingerprint density at radius 1 is 1.62 bits per heavy atom. The largest absolute Gasteiger partial charge is 0.480 e. The summed E-state index contributed by atoms with van der Waals surface area (Å²) in [4.78, 5) is 21.9. The van der Waals surface area contributed by atoms with Gasteiger partial charge in [0.25, 0.3) is 0 Å². The number of carbonyl (C=O) groups excluding carboxylic acids is 1. The van der Waals surface area contributed by atoms with Gasteiger partial charge in [-0.05, 0) is 19.3 Å². The Labute approximate surface area is 76.3 Å². The minimum Gasteiger partial charge on any atom is -0.480 e. The SMILES string of the molecule is CC[C@H](NC(=O)C1(N)CC1)C(=O)O. The van der Waals surface area contributed by atoms with E-state index in [0.717, 1.165) is 0 Å². The van der Waals surface area contributed by atoms with Crippen molar-refractivity contribution in [2.45, 2.75) is 37.8 Å². The van der Waals surface area contributed by atoms with Crippen molar-refractivity contribution >= 4 is 11.9 Å². The smallest absolute Gasteiger partial charge is 0.326 e. The molecular formula is C8H14N2O3. The van der Waals surface area contributed by atoms with E-state index in [2.05, 4.69) is 5.32 Å². The molecule has 0 radical (unpaired) electrons. The third-order valence-corrected chi connectivity index (χ3v) is 2.25. The topological polar surface area (TPSA) is 92.4 Å². The van der Waals surface area contributed by atoms with E-state index in [4.69, 9.17) is 10.8 Å². The van der Waals surface area contributed by atoms with Gasteiger partial charge in [-0.25, -0.2) is 4.79 Å². The zero-order valence-corrected chi connectivity index (χ0v) is 7.54. The summed E-state index contributed by atoms with van der Waals surface area (Å²) in [6.07, 6.45) is 1.67. The summed E-state index contributed by atoms with van der Waals surface area (Å²) in [5, 5.41) is 11.1. The van der Waals surface area contributed by atoms with Crippen LogP contribution in [0.25, 0.3) is 0 Å². The molecule has 0 aromatic carbocycles. The van der Waals surface area contributed by atoms with Crippen LogP contribution in [-0.2, 0) is 9.59 Å². The lowest BCUT2D eigenvalue weighted by Crippen LogP contribution is -2.49. The van der Waals surface area contributed by atoms with Gasteiger partial charge in [0, 0.05) is 0 Å². The highest BCUT2D eigenvalue weighted by molar-refractivity contribution is 5.92. The molecule has 4 N–H and O–H groups in total. The Morgan fingerprint density at radius 3 is 2.46 bits per heavy atom. The molecule has 5 heteroatoms. The maximum absolute atomic E-state index is 11.3. The fourth-order valence-electron chi connectivity index (χ4n) is 1.00. The number of aliphatic carboxylic acids is 1. The van der Waals surface area contributed by atoms with Gasteiger partial charge in [-0.2, -0.15) is 0 Å². The van der Waals surface area contributed by atoms with Crippen LogP contribution in [-0.4, -0.2) is 28.6 Å². The van der Waals surface area contributed by atoms with E-state index in [-0.39, 0.29) is 5.91 Å². The summed E-state index contributed by atoms with van der Waals surface area (Å²) in [5.74, 6) is -1.36. The maximum Gasteiger partial charge on any atom is 0.326 e. The van der Waals surface area contributed by atoms with Crippen molar-refractivity contribution in [2.24, 2.45) is 5.73 Å². The third-order valence-electron chi connectivity index (χ3n) is 2.25. The van der Waals surface area contributed by atoms with Crippen LogP contribution < -0.4 is 11.1 Å². The molecule has 0 heterocycles. The molecule has 0 spiro atoms. The number of carbonyl (C=O) groups is 2. The summed E-state index contributed by atoms with van der Waals surface area (Å²) in [5.41, 5.74) is 4.80. The minimum absolute atomic E-state index is 0.346. The molecule has 1 saturated carbocycles. The van der Waals surface area contributed by atoms with Gasteiger partial charge >= 0.3 is 5.97 Å². The first-order valence-electron chi connectivity index (χ1n) is 4.32. The molecule has 74 valence electrons. The average Bonchev–Trinajstić information content (AvgIpc) is 2.79. The lowest BCUT2D eigenvalue weighted by Gasteiger charge is -2.15. The van der Waals surface area contributed by atoms with Gasteiger partial charge in [-0.3, -0.25) is 4.79 Å². The van der Waals surface area contributed by atoms with Crippen molar-refractivity contribution < 1.29 is 14.7 Å². The number of rotatable bonds is 4. The van der Waals surface area contributed by atoms with Crippen molar-refractivity contribution in [3.63, 3.8) is 0 Å². The summed E-state index contributed by atoms with van der Waals surface area (Å²) in [6.45, 7) is 1.70. The Kier molecular flexibility index (Phi) is 2.56. The van der Waals surface area contributed by atoms with Crippen molar-refractivity contribution in [2.75, 3.05) is 0 Å². The van der Waals surface area contributed by atoms with Crippen molar-refractivity contribution in [3.05, 3.63) is 0 Å². The normalized spacial score (nSPS) is 20.5. The van der Waals surface area contributed by atoms with Crippen LogP contribution in [0, 0.1) is 0 Å². The van der Waals surface area contributed by atoms with Gasteiger partial charge in [-0.1, -0.05) is 6.92 Å². The predicted octanol–water partition coefficient (Wildman–Crippen LogP) is -0.543.